The van der Waals surface area contributed by atoms with Crippen LogP contribution in [0.4, 0.5) is 0 Å². The van der Waals surface area contributed by atoms with Gasteiger partial charge in [0.25, 0.3) is 11.8 Å². The van der Waals surface area contributed by atoms with Crippen molar-refractivity contribution in [1.29, 1.82) is 0 Å². The predicted molar refractivity (Wildman–Crippen MR) is 112 cm³/mol. The van der Waals surface area contributed by atoms with Gasteiger partial charge in [0, 0.05) is 38.8 Å². The number of carbonyl (C=O) groups excluding carboxylic acids is 2. The summed E-state index contributed by atoms with van der Waals surface area (Å²) in [6, 6.07) is 5.09. The van der Waals surface area contributed by atoms with Gasteiger partial charge in [0.2, 0.25) is 0 Å². The lowest BCUT2D eigenvalue weighted by Gasteiger charge is -2.26. The summed E-state index contributed by atoms with van der Waals surface area (Å²) < 4.78 is 11.3. The number of benzene rings is 1. The maximum atomic E-state index is 12.5. The monoisotopic (exact) mass is 413 g/mol. The Balaban J connectivity index is 0.00000392. The van der Waals surface area contributed by atoms with Crippen molar-refractivity contribution in [3.63, 3.8) is 0 Å². The minimum absolute atomic E-state index is 0. The Morgan fingerprint density at radius 2 is 1.86 bits per heavy atom. The van der Waals surface area contributed by atoms with Gasteiger partial charge in [-0.05, 0) is 51.4 Å². The van der Waals surface area contributed by atoms with Gasteiger partial charge in [-0.2, -0.15) is 0 Å². The van der Waals surface area contributed by atoms with E-state index in [4.69, 9.17) is 9.47 Å². The third-order valence-corrected chi connectivity index (χ3v) is 4.59. The Bertz CT molecular complexity index is 636. The number of hydrogen-bond acceptors (Lipinski definition) is 5. The van der Waals surface area contributed by atoms with Crippen molar-refractivity contribution in [2.24, 2.45) is 0 Å². The van der Waals surface area contributed by atoms with E-state index in [0.717, 1.165) is 32.5 Å². The lowest BCUT2D eigenvalue weighted by atomic mass is 10.1. The molecule has 0 aromatic heterocycles. The van der Waals surface area contributed by atoms with Crippen molar-refractivity contribution in [1.82, 2.24) is 15.1 Å². The second kappa shape index (κ2) is 12.5. The first-order valence-electron chi connectivity index (χ1n) is 9.64. The Morgan fingerprint density at radius 1 is 1.14 bits per heavy atom. The van der Waals surface area contributed by atoms with Crippen molar-refractivity contribution >= 4 is 24.2 Å². The molecule has 0 bridgehead atoms. The Morgan fingerprint density at radius 3 is 2.50 bits per heavy atom. The second-order valence-corrected chi connectivity index (χ2v) is 6.65. The fourth-order valence-corrected chi connectivity index (χ4v) is 3.00. The molecule has 2 rings (SSSR count). The van der Waals surface area contributed by atoms with E-state index in [0.29, 0.717) is 30.2 Å². The molecule has 28 heavy (non-hydrogen) atoms. The van der Waals surface area contributed by atoms with Crippen molar-refractivity contribution in [2.45, 2.75) is 26.2 Å². The molecular weight excluding hydrogens is 382 g/mol. The number of piperidine rings is 1. The molecule has 0 saturated carbocycles. The summed E-state index contributed by atoms with van der Waals surface area (Å²) in [4.78, 5) is 28.3. The predicted octanol–water partition coefficient (Wildman–Crippen LogP) is 2.19. The highest BCUT2D eigenvalue weighted by Crippen LogP contribution is 2.29. The van der Waals surface area contributed by atoms with Crippen LogP contribution < -0.4 is 14.8 Å². The summed E-state index contributed by atoms with van der Waals surface area (Å²) in [6.45, 7) is 5.23. The smallest absolute Gasteiger partial charge is 0.260 e. The normalized spacial score (nSPS) is 13.5. The Labute approximate surface area is 173 Å². The highest BCUT2D eigenvalue weighted by molar-refractivity contribution is 5.94. The quantitative estimate of drug-likeness (QED) is 0.672. The van der Waals surface area contributed by atoms with Crippen molar-refractivity contribution < 1.29 is 19.1 Å². The standard InChI is InChI=1S/C20H31N3O4.ClH/c1-4-26-18-14-16(20(25)22(3)13-10-21-2)8-9-17(18)27-15-19(24)23-11-6-5-7-12-23;/h8-9,14,21H,4-7,10-13,15H2,1-3H3;1H. The van der Waals surface area contributed by atoms with Gasteiger partial charge < -0.3 is 24.6 Å². The number of hydrogen-bond donors (Lipinski definition) is 1. The lowest BCUT2D eigenvalue weighted by Crippen LogP contribution is -2.38. The molecule has 0 radical (unpaired) electrons. The lowest BCUT2D eigenvalue weighted by molar-refractivity contribution is -0.134. The van der Waals surface area contributed by atoms with Crippen LogP contribution in [0.5, 0.6) is 11.5 Å². The molecule has 8 heteroatoms. The number of amides is 2. The fraction of sp³-hybridized carbons (Fsp3) is 0.600. The first kappa shape index (κ1) is 24.0. The molecule has 1 heterocycles. The maximum Gasteiger partial charge on any atom is 0.260 e. The molecule has 7 nitrogen and oxygen atoms in total. The summed E-state index contributed by atoms with van der Waals surface area (Å²) in [7, 11) is 3.62. The minimum Gasteiger partial charge on any atom is -0.490 e. The first-order chi connectivity index (χ1) is 13.1. The zero-order valence-corrected chi connectivity index (χ0v) is 17.8. The topological polar surface area (TPSA) is 71.1 Å². The number of rotatable bonds is 9. The molecule has 1 fully saturated rings. The average Bonchev–Trinajstić information content (AvgIpc) is 2.71. The van der Waals surface area contributed by atoms with E-state index in [1.54, 1.807) is 30.1 Å². The molecule has 1 saturated heterocycles. The van der Waals surface area contributed by atoms with Crippen LogP contribution >= 0.6 is 12.4 Å². The van der Waals surface area contributed by atoms with Gasteiger partial charge in [-0.3, -0.25) is 9.59 Å². The molecule has 0 spiro atoms. The van der Waals surface area contributed by atoms with Gasteiger partial charge in [-0.1, -0.05) is 0 Å². The molecule has 1 aliphatic heterocycles. The summed E-state index contributed by atoms with van der Waals surface area (Å²) >= 11 is 0. The summed E-state index contributed by atoms with van der Waals surface area (Å²) in [5.41, 5.74) is 0.534. The third-order valence-electron chi connectivity index (χ3n) is 4.59. The minimum atomic E-state index is -0.0813. The van der Waals surface area contributed by atoms with Crippen molar-refractivity contribution in [2.75, 3.05) is 53.5 Å². The van der Waals surface area contributed by atoms with Gasteiger partial charge in [0.15, 0.2) is 18.1 Å². The largest absolute Gasteiger partial charge is 0.490 e. The molecule has 1 aromatic rings. The van der Waals surface area contributed by atoms with Gasteiger partial charge in [-0.25, -0.2) is 0 Å². The van der Waals surface area contributed by atoms with Crippen LogP contribution in [0.25, 0.3) is 0 Å². The van der Waals surface area contributed by atoms with E-state index in [1.165, 1.54) is 6.42 Å². The SMILES string of the molecule is CCOc1cc(C(=O)N(C)CCNC)ccc1OCC(=O)N1CCCCC1.Cl. The Kier molecular flexibility index (Phi) is 10.7. The van der Waals surface area contributed by atoms with Gasteiger partial charge >= 0.3 is 0 Å². The highest BCUT2D eigenvalue weighted by Gasteiger charge is 2.19. The molecule has 158 valence electrons. The van der Waals surface area contributed by atoms with Gasteiger partial charge in [0.05, 0.1) is 6.61 Å². The van der Waals surface area contributed by atoms with Crippen LogP contribution in [-0.4, -0.2) is 75.1 Å². The van der Waals surface area contributed by atoms with Crippen LogP contribution in [0.3, 0.4) is 0 Å². The molecule has 1 N–H and O–H groups in total. The second-order valence-electron chi connectivity index (χ2n) is 6.65. The summed E-state index contributed by atoms with van der Waals surface area (Å²) in [5, 5.41) is 3.03. The van der Waals surface area contributed by atoms with E-state index in [1.807, 2.05) is 18.9 Å². The Hall–Kier alpha value is -1.99. The fourth-order valence-electron chi connectivity index (χ4n) is 3.00. The zero-order valence-electron chi connectivity index (χ0n) is 17.0. The van der Waals surface area contributed by atoms with Crippen LogP contribution in [0.2, 0.25) is 0 Å². The molecule has 0 unspecified atom stereocenters. The molecule has 2 amide bonds. The molecule has 1 aliphatic rings. The molecule has 0 atom stereocenters. The average molecular weight is 414 g/mol. The number of halogens is 1. The maximum absolute atomic E-state index is 12.5. The van der Waals surface area contributed by atoms with E-state index < -0.39 is 0 Å². The number of likely N-dealkylation sites (tertiary alicyclic amines) is 1. The van der Waals surface area contributed by atoms with Gasteiger partial charge in [-0.15, -0.1) is 12.4 Å². The number of ether oxygens (including phenoxy) is 2. The van der Waals surface area contributed by atoms with E-state index >= 15 is 0 Å². The van der Waals surface area contributed by atoms with Crippen LogP contribution in [0, 0.1) is 0 Å². The van der Waals surface area contributed by atoms with Gasteiger partial charge in [0.1, 0.15) is 0 Å². The van der Waals surface area contributed by atoms with Crippen LogP contribution in [-0.2, 0) is 4.79 Å². The zero-order chi connectivity index (χ0) is 19.6. The van der Waals surface area contributed by atoms with E-state index in [2.05, 4.69) is 5.32 Å². The van der Waals surface area contributed by atoms with E-state index in [-0.39, 0.29) is 30.8 Å². The summed E-state index contributed by atoms with van der Waals surface area (Å²) in [6.07, 6.45) is 3.28. The molecular formula is C20H32ClN3O4. The third kappa shape index (κ3) is 6.87. The molecule has 0 aliphatic carbocycles. The highest BCUT2D eigenvalue weighted by atomic mass is 35.5. The van der Waals surface area contributed by atoms with Crippen LogP contribution in [0.15, 0.2) is 18.2 Å². The number of likely N-dealkylation sites (N-methyl/N-ethyl adjacent to an activating group) is 2. The number of carbonyl (C=O) groups is 2. The summed E-state index contributed by atoms with van der Waals surface area (Å²) in [5.74, 6) is 0.875. The van der Waals surface area contributed by atoms with Crippen LogP contribution in [0.1, 0.15) is 36.5 Å². The van der Waals surface area contributed by atoms with Crippen molar-refractivity contribution in [3.8, 4) is 11.5 Å². The number of nitrogens with zero attached hydrogens (tertiary/aromatic N) is 2. The van der Waals surface area contributed by atoms with E-state index in [9.17, 15) is 9.59 Å². The number of nitrogens with one attached hydrogen (secondary N) is 1. The molecule has 1 aromatic carbocycles. The van der Waals surface area contributed by atoms with Crippen molar-refractivity contribution in [3.05, 3.63) is 23.8 Å². The first-order valence-corrected chi connectivity index (χ1v) is 9.64.